The lowest BCUT2D eigenvalue weighted by Gasteiger charge is -2.21. The molecule has 0 aromatic rings. The second-order valence-electron chi connectivity index (χ2n) is 4.29. The smallest absolute Gasteiger partial charge is 0.183 e. The van der Waals surface area contributed by atoms with Gasteiger partial charge in [-0.2, -0.15) is 0 Å². The van der Waals surface area contributed by atoms with Crippen LogP contribution < -0.4 is 5.32 Å². The van der Waals surface area contributed by atoms with Crippen LogP contribution in [0, 0.1) is 5.92 Å². The maximum absolute atomic E-state index is 5.59. The quantitative estimate of drug-likeness (QED) is 0.743. The van der Waals surface area contributed by atoms with Crippen molar-refractivity contribution in [1.29, 1.82) is 0 Å². The monoisotopic (exact) mass is 196 g/mol. The van der Waals surface area contributed by atoms with E-state index in [0.717, 1.165) is 44.4 Å². The first kappa shape index (κ1) is 9.97. The van der Waals surface area contributed by atoms with Gasteiger partial charge in [-0.3, -0.25) is 0 Å². The van der Waals surface area contributed by atoms with E-state index >= 15 is 0 Å². The Morgan fingerprint density at radius 2 is 2.21 bits per heavy atom. The van der Waals surface area contributed by atoms with Crippen LogP contribution >= 0.6 is 0 Å². The van der Waals surface area contributed by atoms with Crippen molar-refractivity contribution >= 4 is 5.90 Å². The predicted octanol–water partition coefficient (Wildman–Crippen LogP) is 1.58. The molecular weight excluding hydrogens is 176 g/mol. The molecule has 0 spiro atoms. The molecule has 2 heterocycles. The van der Waals surface area contributed by atoms with Crippen molar-refractivity contribution in [2.45, 2.75) is 38.6 Å². The summed E-state index contributed by atoms with van der Waals surface area (Å²) in [7, 11) is 0. The number of hydrogen-bond donors (Lipinski definition) is 1. The van der Waals surface area contributed by atoms with Crippen LogP contribution in [0.5, 0.6) is 0 Å². The highest BCUT2D eigenvalue weighted by atomic mass is 16.5. The van der Waals surface area contributed by atoms with Crippen molar-refractivity contribution in [3.63, 3.8) is 0 Å². The third-order valence-corrected chi connectivity index (χ3v) is 3.16. The van der Waals surface area contributed by atoms with Gasteiger partial charge in [-0.15, -0.1) is 0 Å². The molecule has 0 bridgehead atoms. The van der Waals surface area contributed by atoms with Gasteiger partial charge in [-0.1, -0.05) is 6.92 Å². The van der Waals surface area contributed by atoms with Gasteiger partial charge in [0, 0.05) is 6.42 Å². The van der Waals surface area contributed by atoms with Crippen LogP contribution in [0.3, 0.4) is 0 Å². The average Bonchev–Trinajstić information content (AvgIpc) is 2.67. The maximum atomic E-state index is 5.59. The number of hydrogen-bond acceptors (Lipinski definition) is 3. The molecule has 1 N–H and O–H groups in total. The predicted molar refractivity (Wildman–Crippen MR) is 57.7 cm³/mol. The Labute approximate surface area is 85.9 Å². The minimum atomic E-state index is 0.437. The molecular formula is C11H20N2O. The first-order valence-corrected chi connectivity index (χ1v) is 5.78. The summed E-state index contributed by atoms with van der Waals surface area (Å²) < 4.78 is 5.59. The number of nitrogens with one attached hydrogen (secondary N) is 1. The molecule has 3 nitrogen and oxygen atoms in total. The van der Waals surface area contributed by atoms with E-state index in [2.05, 4.69) is 17.2 Å². The van der Waals surface area contributed by atoms with Crippen LogP contribution in [0.2, 0.25) is 0 Å². The Hall–Kier alpha value is -0.570. The van der Waals surface area contributed by atoms with E-state index < -0.39 is 0 Å². The van der Waals surface area contributed by atoms with E-state index in [4.69, 9.17) is 4.74 Å². The summed E-state index contributed by atoms with van der Waals surface area (Å²) in [5.74, 6) is 1.81. The molecule has 1 atom stereocenters. The Balaban J connectivity index is 1.79. The largest absolute Gasteiger partial charge is 0.479 e. The number of piperidine rings is 1. The van der Waals surface area contributed by atoms with Crippen LogP contribution in [-0.2, 0) is 4.74 Å². The molecule has 14 heavy (non-hydrogen) atoms. The Morgan fingerprint density at radius 3 is 2.86 bits per heavy atom. The topological polar surface area (TPSA) is 33.6 Å². The molecule has 0 aromatic heterocycles. The van der Waals surface area contributed by atoms with Crippen molar-refractivity contribution in [3.8, 4) is 0 Å². The van der Waals surface area contributed by atoms with Gasteiger partial charge in [0.2, 0.25) is 0 Å². The van der Waals surface area contributed by atoms with Gasteiger partial charge in [-0.05, 0) is 38.3 Å². The number of aliphatic imine (C=N–C) groups is 1. The van der Waals surface area contributed by atoms with Crippen LogP contribution in [0.4, 0.5) is 0 Å². The molecule has 1 fully saturated rings. The second-order valence-corrected chi connectivity index (χ2v) is 4.29. The molecule has 0 aromatic carbocycles. The fourth-order valence-electron chi connectivity index (χ4n) is 2.12. The summed E-state index contributed by atoms with van der Waals surface area (Å²) in [6.07, 6.45) is 4.73. The molecule has 1 unspecified atom stereocenters. The number of ether oxygens (including phenoxy) is 1. The van der Waals surface area contributed by atoms with Crippen LogP contribution in [-0.4, -0.2) is 31.6 Å². The highest BCUT2D eigenvalue weighted by Gasteiger charge is 2.21. The second kappa shape index (κ2) is 4.78. The van der Waals surface area contributed by atoms with E-state index in [1.165, 1.54) is 12.8 Å². The van der Waals surface area contributed by atoms with E-state index in [1.807, 2.05) is 0 Å². The third kappa shape index (κ3) is 2.47. The molecule has 2 aliphatic rings. The van der Waals surface area contributed by atoms with E-state index in [0.29, 0.717) is 6.04 Å². The summed E-state index contributed by atoms with van der Waals surface area (Å²) in [6, 6.07) is 0.437. The fourth-order valence-corrected chi connectivity index (χ4v) is 2.12. The van der Waals surface area contributed by atoms with Crippen molar-refractivity contribution in [1.82, 2.24) is 5.32 Å². The number of rotatable bonds is 3. The van der Waals surface area contributed by atoms with Gasteiger partial charge in [0.25, 0.3) is 0 Å². The summed E-state index contributed by atoms with van der Waals surface area (Å²) in [5.41, 5.74) is 0. The minimum Gasteiger partial charge on any atom is -0.479 e. The van der Waals surface area contributed by atoms with Crippen molar-refractivity contribution in [2.24, 2.45) is 10.9 Å². The maximum Gasteiger partial charge on any atom is 0.183 e. The van der Waals surface area contributed by atoms with Gasteiger partial charge in [0.05, 0.1) is 6.04 Å². The van der Waals surface area contributed by atoms with Gasteiger partial charge in [0.15, 0.2) is 5.90 Å². The zero-order valence-corrected chi connectivity index (χ0v) is 8.96. The fraction of sp³-hybridized carbons (Fsp3) is 0.909. The molecule has 1 saturated heterocycles. The molecule has 0 amide bonds. The van der Waals surface area contributed by atoms with Gasteiger partial charge < -0.3 is 10.1 Å². The lowest BCUT2D eigenvalue weighted by Crippen LogP contribution is -2.28. The summed E-state index contributed by atoms with van der Waals surface area (Å²) in [6.45, 7) is 5.31. The molecule has 2 rings (SSSR count). The molecule has 0 radical (unpaired) electrons. The Morgan fingerprint density at radius 1 is 1.43 bits per heavy atom. The van der Waals surface area contributed by atoms with Crippen LogP contribution in [0.15, 0.2) is 4.99 Å². The average molecular weight is 196 g/mol. The summed E-state index contributed by atoms with van der Waals surface area (Å²) in [4.78, 5) is 4.57. The zero-order chi connectivity index (χ0) is 9.80. The Kier molecular flexibility index (Phi) is 3.40. The van der Waals surface area contributed by atoms with E-state index in [9.17, 15) is 0 Å². The zero-order valence-electron chi connectivity index (χ0n) is 8.96. The first-order valence-electron chi connectivity index (χ1n) is 5.78. The molecule has 80 valence electrons. The van der Waals surface area contributed by atoms with Crippen LogP contribution in [0.1, 0.15) is 32.6 Å². The molecule has 3 heteroatoms. The van der Waals surface area contributed by atoms with Gasteiger partial charge in [0.1, 0.15) is 6.61 Å². The van der Waals surface area contributed by atoms with Gasteiger partial charge in [-0.25, -0.2) is 4.99 Å². The molecule has 0 saturated carbocycles. The van der Waals surface area contributed by atoms with Crippen LogP contribution in [0.25, 0.3) is 0 Å². The summed E-state index contributed by atoms with van der Waals surface area (Å²) in [5, 5.41) is 3.38. The highest BCUT2D eigenvalue weighted by Crippen LogP contribution is 2.20. The van der Waals surface area contributed by atoms with Gasteiger partial charge >= 0.3 is 0 Å². The normalized spacial score (nSPS) is 28.6. The Bertz CT molecular complexity index is 209. The van der Waals surface area contributed by atoms with Crippen molar-refractivity contribution < 1.29 is 4.74 Å². The first-order chi connectivity index (χ1) is 6.88. The van der Waals surface area contributed by atoms with E-state index in [-0.39, 0.29) is 0 Å². The highest BCUT2D eigenvalue weighted by molar-refractivity contribution is 5.77. The SMILES string of the molecule is CCC1COC(CC2CCNCC2)=N1. The minimum absolute atomic E-state index is 0.437. The standard InChI is InChI=1S/C11H20N2O/c1-2-10-8-14-11(13-10)7-9-3-5-12-6-4-9/h9-10,12H,2-8H2,1H3. The lowest BCUT2D eigenvalue weighted by atomic mass is 9.95. The summed E-state index contributed by atoms with van der Waals surface area (Å²) >= 11 is 0. The van der Waals surface area contributed by atoms with Crippen molar-refractivity contribution in [2.75, 3.05) is 19.7 Å². The third-order valence-electron chi connectivity index (χ3n) is 3.16. The lowest BCUT2D eigenvalue weighted by molar-refractivity contribution is 0.291. The van der Waals surface area contributed by atoms with Crippen molar-refractivity contribution in [3.05, 3.63) is 0 Å². The molecule has 2 aliphatic heterocycles. The molecule has 0 aliphatic carbocycles. The number of nitrogens with zero attached hydrogens (tertiary/aromatic N) is 1. The van der Waals surface area contributed by atoms with E-state index in [1.54, 1.807) is 0 Å².